The van der Waals surface area contributed by atoms with Crippen molar-refractivity contribution in [3.63, 3.8) is 0 Å². The molecule has 8 heteroatoms. The summed E-state index contributed by atoms with van der Waals surface area (Å²) in [6, 6.07) is 0. The molecule has 3 fully saturated rings. The lowest BCUT2D eigenvalue weighted by atomic mass is 9.50. The molecule has 7 nitrogen and oxygen atoms in total. The molecule has 4 bridgehead atoms. The smallest absolute Gasteiger partial charge is 0.215 e. The molecule has 0 amide bonds. The zero-order chi connectivity index (χ0) is 18.1. The van der Waals surface area contributed by atoms with E-state index in [-0.39, 0.29) is 19.3 Å². The molecule has 1 spiro atoms. The van der Waals surface area contributed by atoms with Crippen molar-refractivity contribution < 1.29 is 34.9 Å². The summed E-state index contributed by atoms with van der Waals surface area (Å²) in [6.45, 7) is 3.89. The molecule has 4 N–H and O–H groups in total. The summed E-state index contributed by atoms with van der Waals surface area (Å²) in [5.74, 6) is -0.780. The molecule has 1 saturated carbocycles. The minimum Gasteiger partial charge on any atom is -0.396 e. The van der Waals surface area contributed by atoms with Crippen LogP contribution in [0.15, 0.2) is 11.6 Å². The van der Waals surface area contributed by atoms with Gasteiger partial charge in [-0.15, -0.1) is 0 Å². The van der Waals surface area contributed by atoms with Crippen molar-refractivity contribution in [3.8, 4) is 0 Å². The molecule has 2 saturated heterocycles. The predicted molar refractivity (Wildman–Crippen MR) is 90.0 cm³/mol. The summed E-state index contributed by atoms with van der Waals surface area (Å²) < 4.78 is 12.0. The molecule has 0 aromatic carbocycles. The van der Waals surface area contributed by atoms with E-state index < -0.39 is 34.4 Å². The van der Waals surface area contributed by atoms with Crippen LogP contribution in [0.3, 0.4) is 0 Å². The van der Waals surface area contributed by atoms with Crippen molar-refractivity contribution in [1.82, 2.24) is 0 Å². The second-order valence-electron chi connectivity index (χ2n) is 7.95. The Morgan fingerprint density at radius 1 is 1.44 bits per heavy atom. The highest BCUT2D eigenvalue weighted by Gasteiger charge is 2.81. The highest BCUT2D eigenvalue weighted by Crippen LogP contribution is 2.71. The van der Waals surface area contributed by atoms with Crippen molar-refractivity contribution >= 4 is 11.8 Å². The molecule has 4 rings (SSSR count). The van der Waals surface area contributed by atoms with Gasteiger partial charge in [0.15, 0.2) is 0 Å². The number of thioether (sulfide) groups is 1. The van der Waals surface area contributed by atoms with E-state index in [0.717, 1.165) is 0 Å². The highest BCUT2D eigenvalue weighted by molar-refractivity contribution is 7.99. The second-order valence-corrected chi connectivity index (χ2v) is 9.06. The van der Waals surface area contributed by atoms with Gasteiger partial charge in [-0.05, 0) is 25.3 Å². The van der Waals surface area contributed by atoms with Crippen molar-refractivity contribution in [3.05, 3.63) is 11.6 Å². The predicted octanol–water partition coefficient (Wildman–Crippen LogP) is 0.534. The Balaban J connectivity index is 1.82. The molecular weight excluding hydrogens is 348 g/mol. The van der Waals surface area contributed by atoms with E-state index in [4.69, 9.17) is 19.5 Å². The van der Waals surface area contributed by atoms with Gasteiger partial charge in [0.25, 0.3) is 0 Å². The summed E-state index contributed by atoms with van der Waals surface area (Å²) in [5.41, 5.74) is -2.05. The van der Waals surface area contributed by atoms with Crippen LogP contribution in [0.4, 0.5) is 0 Å². The minimum atomic E-state index is -1.72. The fourth-order valence-corrected chi connectivity index (χ4v) is 6.80. The number of hydrogen-bond donors (Lipinski definition) is 4. The van der Waals surface area contributed by atoms with E-state index in [1.807, 2.05) is 13.0 Å². The van der Waals surface area contributed by atoms with Gasteiger partial charge in [0.05, 0.1) is 30.8 Å². The van der Waals surface area contributed by atoms with Gasteiger partial charge in [0, 0.05) is 16.9 Å². The molecule has 2 heterocycles. The van der Waals surface area contributed by atoms with Crippen LogP contribution in [0.2, 0.25) is 0 Å². The number of rotatable bonds is 5. The molecule has 25 heavy (non-hydrogen) atoms. The molecule has 7 atom stereocenters. The molecule has 142 valence electrons. The van der Waals surface area contributed by atoms with Gasteiger partial charge in [-0.2, -0.15) is 11.8 Å². The molecule has 2 aliphatic carbocycles. The molecule has 2 aliphatic heterocycles. The van der Waals surface area contributed by atoms with Gasteiger partial charge >= 0.3 is 0 Å². The number of aliphatic hydroxyl groups is 3. The summed E-state index contributed by atoms with van der Waals surface area (Å²) >= 11 is 1.48. The van der Waals surface area contributed by atoms with Crippen LogP contribution in [-0.4, -0.2) is 75.0 Å². The Labute approximate surface area is 150 Å². The third-order valence-corrected chi connectivity index (χ3v) is 8.38. The summed E-state index contributed by atoms with van der Waals surface area (Å²) in [7, 11) is 0. The molecule has 0 radical (unpaired) electrons. The molecule has 0 aromatic heterocycles. The normalized spacial score (nSPS) is 53.7. The fourth-order valence-electron chi connectivity index (χ4n) is 5.66. The van der Waals surface area contributed by atoms with Crippen LogP contribution in [-0.2, 0) is 14.4 Å². The van der Waals surface area contributed by atoms with Gasteiger partial charge in [0.2, 0.25) is 5.79 Å². The Hall–Kier alpha value is -0.190. The average Bonchev–Trinajstić information content (AvgIpc) is 2.92. The van der Waals surface area contributed by atoms with E-state index in [1.165, 1.54) is 11.8 Å². The molecule has 0 aromatic rings. The van der Waals surface area contributed by atoms with E-state index in [2.05, 4.69) is 0 Å². The van der Waals surface area contributed by atoms with Crippen LogP contribution in [0.1, 0.15) is 26.7 Å². The maximum atomic E-state index is 11.1. The van der Waals surface area contributed by atoms with Crippen LogP contribution in [0.25, 0.3) is 0 Å². The van der Waals surface area contributed by atoms with Gasteiger partial charge in [-0.1, -0.05) is 13.0 Å². The van der Waals surface area contributed by atoms with Gasteiger partial charge < -0.3 is 24.8 Å². The van der Waals surface area contributed by atoms with Crippen LogP contribution < -0.4 is 0 Å². The van der Waals surface area contributed by atoms with Crippen LogP contribution in [0, 0.1) is 10.8 Å². The minimum absolute atomic E-state index is 0.0373. The van der Waals surface area contributed by atoms with Gasteiger partial charge in [0.1, 0.15) is 11.7 Å². The lowest BCUT2D eigenvalue weighted by molar-refractivity contribution is -0.401. The maximum Gasteiger partial charge on any atom is 0.215 e. The number of ether oxygens (including phenoxy) is 2. The number of hydrogen-bond acceptors (Lipinski definition) is 8. The number of fused-ring (bicyclic) bond motifs is 3. The van der Waals surface area contributed by atoms with E-state index in [9.17, 15) is 15.5 Å². The Bertz CT molecular complexity index is 600. The zero-order valence-corrected chi connectivity index (χ0v) is 15.3. The lowest BCUT2D eigenvalue weighted by Gasteiger charge is -2.61. The largest absolute Gasteiger partial charge is 0.396 e. The first kappa shape index (κ1) is 18.2. The summed E-state index contributed by atoms with van der Waals surface area (Å²) in [4.78, 5) is 5.12. The Morgan fingerprint density at radius 2 is 2.20 bits per heavy atom. The topological polar surface area (TPSA) is 109 Å². The standard InChI is InChI=1S/C17H26O7S/c1-10-7-12-15(8-22-17(10,20)13(15)19)14(2)4-3-11(23-12)16(14,24-21)9-25-6-5-18/h7,11-13,18-21H,3-6,8-9H2,1-2H3. The van der Waals surface area contributed by atoms with Crippen molar-refractivity contribution in [2.75, 3.05) is 24.7 Å². The first-order chi connectivity index (χ1) is 11.8. The fraction of sp³-hybridized carbons (Fsp3) is 0.882. The summed E-state index contributed by atoms with van der Waals surface area (Å²) in [5, 5.41) is 41.0. The first-order valence-corrected chi connectivity index (χ1v) is 9.88. The average molecular weight is 374 g/mol. The van der Waals surface area contributed by atoms with Gasteiger partial charge in [-0.25, -0.2) is 4.89 Å². The number of aliphatic hydroxyl groups excluding tert-OH is 2. The molecule has 7 unspecified atom stereocenters. The Kier molecular flexibility index (Phi) is 4.11. The third kappa shape index (κ3) is 1.87. The van der Waals surface area contributed by atoms with E-state index in [1.54, 1.807) is 6.92 Å². The molecule has 4 aliphatic rings. The lowest BCUT2D eigenvalue weighted by Crippen LogP contribution is -2.73. The van der Waals surface area contributed by atoms with Crippen molar-refractivity contribution in [2.24, 2.45) is 10.8 Å². The quantitative estimate of drug-likeness (QED) is 0.239. The second kappa shape index (κ2) is 5.65. The molecular formula is C17H26O7S. The monoisotopic (exact) mass is 374 g/mol. The van der Waals surface area contributed by atoms with E-state index >= 15 is 0 Å². The highest BCUT2D eigenvalue weighted by atomic mass is 32.2. The third-order valence-electron chi connectivity index (χ3n) is 7.28. The Morgan fingerprint density at radius 3 is 2.88 bits per heavy atom. The summed E-state index contributed by atoms with van der Waals surface area (Å²) in [6.07, 6.45) is 1.31. The van der Waals surface area contributed by atoms with E-state index in [0.29, 0.717) is 29.9 Å². The maximum absolute atomic E-state index is 11.1. The van der Waals surface area contributed by atoms with Crippen LogP contribution in [0.5, 0.6) is 0 Å². The van der Waals surface area contributed by atoms with Gasteiger partial charge in [-0.3, -0.25) is 5.26 Å². The van der Waals surface area contributed by atoms with Crippen molar-refractivity contribution in [2.45, 2.75) is 56.4 Å². The zero-order valence-electron chi connectivity index (χ0n) is 14.5. The SMILES string of the molecule is CC1=CC2OC3CCC(C)(C3(CSCCO)OO)C23COC1(O)C3O. The first-order valence-electron chi connectivity index (χ1n) is 8.72. The van der Waals surface area contributed by atoms with Crippen molar-refractivity contribution in [1.29, 1.82) is 0 Å². The van der Waals surface area contributed by atoms with Crippen LogP contribution >= 0.6 is 11.8 Å².